The molecular weight excluding hydrogens is 278 g/mol. The van der Waals surface area contributed by atoms with Gasteiger partial charge in [0.15, 0.2) is 0 Å². The number of likely N-dealkylation sites (tertiary alicyclic amines) is 1. The van der Waals surface area contributed by atoms with Crippen LogP contribution in [0.1, 0.15) is 25.8 Å². The highest BCUT2D eigenvalue weighted by molar-refractivity contribution is 5.73. The molecule has 1 aliphatic heterocycles. The Morgan fingerprint density at radius 2 is 2.18 bits per heavy atom. The summed E-state index contributed by atoms with van der Waals surface area (Å²) in [6.07, 6.45) is 1.02. The van der Waals surface area contributed by atoms with Crippen molar-refractivity contribution in [1.82, 2.24) is 4.90 Å². The Bertz CT molecular complexity index is 501. The summed E-state index contributed by atoms with van der Waals surface area (Å²) in [4.78, 5) is 14.6. The molecule has 0 amide bonds. The molecule has 1 aliphatic rings. The van der Waals surface area contributed by atoms with Crippen LogP contribution in [0.15, 0.2) is 24.3 Å². The summed E-state index contributed by atoms with van der Waals surface area (Å²) in [5, 5.41) is 0. The number of hydrogen-bond donors (Lipinski definition) is 0. The summed E-state index contributed by atoms with van der Waals surface area (Å²) in [6.45, 7) is 8.78. The monoisotopic (exact) mass is 305 g/mol. The van der Waals surface area contributed by atoms with E-state index >= 15 is 0 Å². The second-order valence-electron chi connectivity index (χ2n) is 6.39. The minimum atomic E-state index is -0.200. The average molecular weight is 305 g/mol. The number of rotatable bonds is 6. The topological polar surface area (TPSA) is 38.8 Å². The van der Waals surface area contributed by atoms with Gasteiger partial charge in [0, 0.05) is 12.6 Å². The number of aryl methyl sites for hydroxylation is 1. The van der Waals surface area contributed by atoms with E-state index in [9.17, 15) is 4.79 Å². The molecule has 122 valence electrons. The van der Waals surface area contributed by atoms with Gasteiger partial charge in [-0.2, -0.15) is 0 Å². The van der Waals surface area contributed by atoms with Gasteiger partial charge >= 0.3 is 5.97 Å². The third kappa shape index (κ3) is 4.23. The van der Waals surface area contributed by atoms with Gasteiger partial charge in [-0.05, 0) is 57.4 Å². The quantitative estimate of drug-likeness (QED) is 0.758. The normalized spacial score (nSPS) is 20.1. The van der Waals surface area contributed by atoms with Gasteiger partial charge < -0.3 is 14.4 Å². The van der Waals surface area contributed by atoms with E-state index in [1.807, 2.05) is 31.2 Å². The van der Waals surface area contributed by atoms with Crippen molar-refractivity contribution in [3.8, 4) is 5.75 Å². The van der Waals surface area contributed by atoms with Crippen molar-refractivity contribution < 1.29 is 14.3 Å². The predicted molar refractivity (Wildman–Crippen MR) is 87.0 cm³/mol. The van der Waals surface area contributed by atoms with Crippen LogP contribution in [0, 0.1) is 18.8 Å². The number of carbonyl (C=O) groups excluding carboxylic acids is 1. The van der Waals surface area contributed by atoms with Crippen LogP contribution in [0.25, 0.3) is 0 Å². The first-order valence-corrected chi connectivity index (χ1v) is 8.02. The molecule has 0 aromatic heterocycles. The summed E-state index contributed by atoms with van der Waals surface area (Å²) in [7, 11) is 1.46. The summed E-state index contributed by atoms with van der Waals surface area (Å²) in [6, 6.07) is 8.43. The molecule has 1 aromatic rings. The summed E-state index contributed by atoms with van der Waals surface area (Å²) >= 11 is 0. The zero-order valence-electron chi connectivity index (χ0n) is 14.0. The lowest BCUT2D eigenvalue weighted by molar-refractivity contribution is -0.148. The third-order valence-electron chi connectivity index (χ3n) is 4.48. The van der Waals surface area contributed by atoms with Gasteiger partial charge in [-0.15, -0.1) is 0 Å². The molecule has 1 saturated heterocycles. The van der Waals surface area contributed by atoms with Crippen molar-refractivity contribution >= 4 is 5.97 Å². The van der Waals surface area contributed by atoms with Crippen LogP contribution < -0.4 is 4.74 Å². The lowest BCUT2D eigenvalue weighted by Gasteiger charge is -2.24. The Hall–Kier alpha value is -1.55. The molecule has 4 nitrogen and oxygen atoms in total. The zero-order valence-corrected chi connectivity index (χ0v) is 14.0. The minimum absolute atomic E-state index is 0.164. The highest BCUT2D eigenvalue weighted by atomic mass is 16.5. The molecule has 1 aromatic carbocycles. The van der Waals surface area contributed by atoms with Gasteiger partial charge in [-0.3, -0.25) is 4.79 Å². The van der Waals surface area contributed by atoms with Crippen LogP contribution in [-0.2, 0) is 9.53 Å². The number of methoxy groups -OCH3 is 1. The molecule has 1 heterocycles. The van der Waals surface area contributed by atoms with Crippen LogP contribution in [-0.4, -0.2) is 43.7 Å². The van der Waals surface area contributed by atoms with E-state index in [0.29, 0.717) is 18.6 Å². The molecule has 0 saturated carbocycles. The Labute approximate surface area is 133 Å². The Balaban J connectivity index is 2.00. The van der Waals surface area contributed by atoms with E-state index < -0.39 is 0 Å². The van der Waals surface area contributed by atoms with Gasteiger partial charge in [-0.25, -0.2) is 0 Å². The molecule has 22 heavy (non-hydrogen) atoms. The highest BCUT2D eigenvalue weighted by Gasteiger charge is 2.35. The van der Waals surface area contributed by atoms with Crippen molar-refractivity contribution in [2.45, 2.75) is 33.2 Å². The molecule has 4 heteroatoms. The SMILES string of the molecule is COC(=O)C(COc1cccc(C)c1)C1CCN(C(C)C)C1. The van der Waals surface area contributed by atoms with E-state index in [4.69, 9.17) is 9.47 Å². The first-order chi connectivity index (χ1) is 10.5. The van der Waals surface area contributed by atoms with Crippen molar-refractivity contribution in [2.75, 3.05) is 26.8 Å². The third-order valence-corrected chi connectivity index (χ3v) is 4.48. The Kier molecular flexibility index (Phi) is 5.83. The fourth-order valence-corrected chi connectivity index (χ4v) is 3.05. The molecule has 1 fully saturated rings. The first-order valence-electron chi connectivity index (χ1n) is 8.02. The van der Waals surface area contributed by atoms with Gasteiger partial charge in [0.25, 0.3) is 0 Å². The number of hydrogen-bond acceptors (Lipinski definition) is 4. The number of ether oxygens (including phenoxy) is 2. The standard InChI is InChI=1S/C18H27NO3/c1-13(2)19-9-8-15(11-19)17(18(20)21-4)12-22-16-7-5-6-14(3)10-16/h5-7,10,13,15,17H,8-9,11-12H2,1-4H3. The maximum atomic E-state index is 12.1. The van der Waals surface area contributed by atoms with E-state index in [1.54, 1.807) is 0 Å². The van der Waals surface area contributed by atoms with Crippen LogP contribution >= 0.6 is 0 Å². The molecular formula is C18H27NO3. The van der Waals surface area contributed by atoms with Crippen LogP contribution in [0.4, 0.5) is 0 Å². The minimum Gasteiger partial charge on any atom is -0.493 e. The van der Waals surface area contributed by atoms with Crippen molar-refractivity contribution in [1.29, 1.82) is 0 Å². The Morgan fingerprint density at radius 1 is 1.41 bits per heavy atom. The molecule has 0 N–H and O–H groups in total. The fraction of sp³-hybridized carbons (Fsp3) is 0.611. The molecule has 2 atom stereocenters. The lowest BCUT2D eigenvalue weighted by atomic mass is 9.92. The van der Waals surface area contributed by atoms with Gasteiger partial charge in [0.2, 0.25) is 0 Å². The van der Waals surface area contributed by atoms with E-state index in [-0.39, 0.29) is 11.9 Å². The largest absolute Gasteiger partial charge is 0.493 e. The number of carbonyl (C=O) groups is 1. The lowest BCUT2D eigenvalue weighted by Crippen LogP contribution is -2.34. The molecule has 0 bridgehead atoms. The highest BCUT2D eigenvalue weighted by Crippen LogP contribution is 2.27. The number of benzene rings is 1. The Morgan fingerprint density at radius 3 is 2.77 bits per heavy atom. The molecule has 2 rings (SSSR count). The molecule has 2 unspecified atom stereocenters. The number of nitrogens with zero attached hydrogens (tertiary/aromatic N) is 1. The van der Waals surface area contributed by atoms with Gasteiger partial charge in [0.1, 0.15) is 12.4 Å². The molecule has 0 radical (unpaired) electrons. The maximum Gasteiger partial charge on any atom is 0.312 e. The van der Waals surface area contributed by atoms with Crippen molar-refractivity contribution in [3.63, 3.8) is 0 Å². The summed E-state index contributed by atoms with van der Waals surface area (Å²) < 4.78 is 10.9. The summed E-state index contributed by atoms with van der Waals surface area (Å²) in [5.74, 6) is 0.754. The second-order valence-corrected chi connectivity index (χ2v) is 6.39. The second kappa shape index (κ2) is 7.63. The van der Waals surface area contributed by atoms with Crippen molar-refractivity contribution in [3.05, 3.63) is 29.8 Å². The molecule has 0 aliphatic carbocycles. The number of esters is 1. The zero-order chi connectivity index (χ0) is 16.1. The maximum absolute atomic E-state index is 12.1. The molecule has 0 spiro atoms. The fourth-order valence-electron chi connectivity index (χ4n) is 3.05. The smallest absolute Gasteiger partial charge is 0.312 e. The van der Waals surface area contributed by atoms with Crippen molar-refractivity contribution in [2.24, 2.45) is 11.8 Å². The van der Waals surface area contributed by atoms with Crippen LogP contribution in [0.2, 0.25) is 0 Å². The van der Waals surface area contributed by atoms with E-state index in [2.05, 4.69) is 18.7 Å². The predicted octanol–water partition coefficient (Wildman–Crippen LogP) is 2.89. The van der Waals surface area contributed by atoms with Gasteiger partial charge in [-0.1, -0.05) is 12.1 Å². The van der Waals surface area contributed by atoms with E-state index in [1.165, 1.54) is 7.11 Å². The van der Waals surface area contributed by atoms with Gasteiger partial charge in [0.05, 0.1) is 13.0 Å². The van der Waals surface area contributed by atoms with Crippen LogP contribution in [0.5, 0.6) is 5.75 Å². The van der Waals surface area contributed by atoms with Crippen LogP contribution in [0.3, 0.4) is 0 Å². The summed E-state index contributed by atoms with van der Waals surface area (Å²) in [5.41, 5.74) is 1.15. The average Bonchev–Trinajstić information content (AvgIpc) is 2.97. The van der Waals surface area contributed by atoms with E-state index in [0.717, 1.165) is 30.8 Å². The first kappa shape index (κ1) is 16.8.